The van der Waals surface area contributed by atoms with Crippen molar-refractivity contribution in [2.24, 2.45) is 0 Å². The average molecular weight is 293 g/mol. The standard InChI is InChI=1S/C10H15NO7S/c12-8(13)5-6(10(15)16)11-9(14)7-3-1-2-4-19(7,17)18/h6-7H,1-5H2,(H,11,14)(H,12,13)(H,15,16). The topological polar surface area (TPSA) is 138 Å². The van der Waals surface area contributed by atoms with Crippen LogP contribution in [0.15, 0.2) is 0 Å². The van der Waals surface area contributed by atoms with Gasteiger partial charge in [0.1, 0.15) is 11.3 Å². The third-order valence-corrected chi connectivity index (χ3v) is 5.04. The van der Waals surface area contributed by atoms with Crippen molar-refractivity contribution in [3.8, 4) is 0 Å². The Labute approximate surface area is 109 Å². The summed E-state index contributed by atoms with van der Waals surface area (Å²) in [5.74, 6) is -3.95. The Balaban J connectivity index is 2.76. The van der Waals surface area contributed by atoms with E-state index < -0.39 is 45.4 Å². The van der Waals surface area contributed by atoms with E-state index >= 15 is 0 Å². The van der Waals surface area contributed by atoms with E-state index in [2.05, 4.69) is 0 Å². The Morgan fingerprint density at radius 2 is 1.84 bits per heavy atom. The first kappa shape index (κ1) is 15.4. The second-order valence-corrected chi connectivity index (χ2v) is 6.65. The number of aliphatic carboxylic acids is 2. The van der Waals surface area contributed by atoms with Crippen molar-refractivity contribution in [2.45, 2.75) is 37.0 Å². The molecular weight excluding hydrogens is 278 g/mol. The summed E-state index contributed by atoms with van der Waals surface area (Å²) in [4.78, 5) is 33.0. The van der Waals surface area contributed by atoms with E-state index in [0.717, 1.165) is 0 Å². The van der Waals surface area contributed by atoms with Crippen LogP contribution in [0.2, 0.25) is 0 Å². The molecule has 3 N–H and O–H groups in total. The lowest BCUT2D eigenvalue weighted by Crippen LogP contribution is -2.49. The van der Waals surface area contributed by atoms with Crippen LogP contribution in [0.25, 0.3) is 0 Å². The molecule has 1 aliphatic rings. The molecule has 1 fully saturated rings. The molecule has 19 heavy (non-hydrogen) atoms. The molecule has 0 spiro atoms. The quantitative estimate of drug-likeness (QED) is 0.590. The molecule has 2 atom stereocenters. The fourth-order valence-electron chi connectivity index (χ4n) is 1.89. The summed E-state index contributed by atoms with van der Waals surface area (Å²) < 4.78 is 23.3. The number of hydrogen-bond donors (Lipinski definition) is 3. The van der Waals surface area contributed by atoms with Crippen molar-refractivity contribution in [3.05, 3.63) is 0 Å². The third-order valence-electron chi connectivity index (χ3n) is 2.86. The first-order valence-corrected chi connectivity index (χ1v) is 7.42. The minimum Gasteiger partial charge on any atom is -0.481 e. The Kier molecular flexibility index (Phi) is 4.87. The Hall–Kier alpha value is -1.64. The first-order chi connectivity index (χ1) is 8.74. The van der Waals surface area contributed by atoms with Crippen LogP contribution in [0.3, 0.4) is 0 Å². The molecule has 0 aromatic heterocycles. The third kappa shape index (κ3) is 4.19. The monoisotopic (exact) mass is 293 g/mol. The van der Waals surface area contributed by atoms with Gasteiger partial charge < -0.3 is 15.5 Å². The van der Waals surface area contributed by atoms with Crippen molar-refractivity contribution in [1.29, 1.82) is 0 Å². The molecule has 1 saturated heterocycles. The molecule has 0 aromatic carbocycles. The summed E-state index contributed by atoms with van der Waals surface area (Å²) >= 11 is 0. The molecule has 1 amide bonds. The zero-order valence-corrected chi connectivity index (χ0v) is 10.9. The molecular formula is C10H15NO7S. The first-order valence-electron chi connectivity index (χ1n) is 5.70. The average Bonchev–Trinajstić information content (AvgIpc) is 2.26. The van der Waals surface area contributed by atoms with Gasteiger partial charge in [0.15, 0.2) is 9.84 Å². The second kappa shape index (κ2) is 6.00. The zero-order chi connectivity index (χ0) is 14.6. The Morgan fingerprint density at radius 3 is 2.32 bits per heavy atom. The van der Waals surface area contributed by atoms with Crippen molar-refractivity contribution < 1.29 is 33.0 Å². The molecule has 1 heterocycles. The smallest absolute Gasteiger partial charge is 0.326 e. The van der Waals surface area contributed by atoms with Crippen LogP contribution in [0.5, 0.6) is 0 Å². The van der Waals surface area contributed by atoms with Crippen molar-refractivity contribution in [3.63, 3.8) is 0 Å². The molecule has 108 valence electrons. The molecule has 0 aromatic rings. The van der Waals surface area contributed by atoms with E-state index in [0.29, 0.717) is 12.8 Å². The number of amides is 1. The van der Waals surface area contributed by atoms with Gasteiger partial charge in [-0.25, -0.2) is 13.2 Å². The van der Waals surface area contributed by atoms with Crippen LogP contribution in [-0.4, -0.2) is 53.5 Å². The maximum Gasteiger partial charge on any atom is 0.326 e. The highest BCUT2D eigenvalue weighted by molar-refractivity contribution is 7.92. The van der Waals surface area contributed by atoms with Gasteiger partial charge in [0.2, 0.25) is 5.91 Å². The number of carboxylic acid groups (broad SMARTS) is 2. The molecule has 1 rings (SSSR count). The van der Waals surface area contributed by atoms with Gasteiger partial charge in [-0.1, -0.05) is 6.42 Å². The second-order valence-electron chi connectivity index (χ2n) is 4.35. The largest absolute Gasteiger partial charge is 0.481 e. The molecule has 0 radical (unpaired) electrons. The summed E-state index contributed by atoms with van der Waals surface area (Å²) in [5, 5.41) is 18.0. The van der Waals surface area contributed by atoms with Gasteiger partial charge in [0.05, 0.1) is 12.2 Å². The van der Waals surface area contributed by atoms with E-state index in [1.54, 1.807) is 0 Å². The number of sulfone groups is 1. The highest BCUT2D eigenvalue weighted by Crippen LogP contribution is 2.19. The van der Waals surface area contributed by atoms with Gasteiger partial charge >= 0.3 is 11.9 Å². The van der Waals surface area contributed by atoms with E-state index in [4.69, 9.17) is 10.2 Å². The number of rotatable bonds is 5. The molecule has 1 aliphatic heterocycles. The van der Waals surface area contributed by atoms with Gasteiger partial charge in [-0.15, -0.1) is 0 Å². The van der Waals surface area contributed by atoms with Crippen molar-refractivity contribution in [2.75, 3.05) is 5.75 Å². The summed E-state index contributed by atoms with van der Waals surface area (Å²) in [7, 11) is -3.57. The number of carbonyl (C=O) groups is 3. The molecule has 0 aliphatic carbocycles. The lowest BCUT2D eigenvalue weighted by atomic mass is 10.1. The Bertz CT molecular complexity index is 484. The maximum atomic E-state index is 11.8. The fraction of sp³-hybridized carbons (Fsp3) is 0.700. The zero-order valence-electron chi connectivity index (χ0n) is 10.0. The van der Waals surface area contributed by atoms with Crippen molar-refractivity contribution >= 4 is 27.7 Å². The Morgan fingerprint density at radius 1 is 1.21 bits per heavy atom. The van der Waals surface area contributed by atoms with Gasteiger partial charge in [0.25, 0.3) is 0 Å². The van der Waals surface area contributed by atoms with Crippen LogP contribution in [0.1, 0.15) is 25.7 Å². The van der Waals surface area contributed by atoms with Crippen LogP contribution >= 0.6 is 0 Å². The molecule has 0 bridgehead atoms. The maximum absolute atomic E-state index is 11.8. The molecule has 8 nitrogen and oxygen atoms in total. The van der Waals surface area contributed by atoms with E-state index in [1.165, 1.54) is 0 Å². The minimum absolute atomic E-state index is 0.109. The lowest BCUT2D eigenvalue weighted by Gasteiger charge is -2.23. The summed E-state index contributed by atoms with van der Waals surface area (Å²) in [6.45, 7) is 0. The van der Waals surface area contributed by atoms with E-state index in [9.17, 15) is 22.8 Å². The molecule has 2 unspecified atom stereocenters. The fourth-order valence-corrected chi connectivity index (χ4v) is 3.70. The normalized spacial score (nSPS) is 23.3. The van der Waals surface area contributed by atoms with Gasteiger partial charge in [-0.2, -0.15) is 0 Å². The van der Waals surface area contributed by atoms with Gasteiger partial charge in [-0.3, -0.25) is 9.59 Å². The van der Waals surface area contributed by atoms with Crippen LogP contribution < -0.4 is 5.32 Å². The van der Waals surface area contributed by atoms with Crippen LogP contribution in [-0.2, 0) is 24.2 Å². The summed E-state index contributed by atoms with van der Waals surface area (Å²) in [6, 6.07) is -1.62. The lowest BCUT2D eigenvalue weighted by molar-refractivity contribution is -0.147. The summed E-state index contributed by atoms with van der Waals surface area (Å²) in [5.41, 5.74) is 0. The van der Waals surface area contributed by atoms with Gasteiger partial charge in [-0.05, 0) is 12.8 Å². The van der Waals surface area contributed by atoms with Gasteiger partial charge in [0, 0.05) is 0 Å². The van der Waals surface area contributed by atoms with E-state index in [1.807, 2.05) is 5.32 Å². The van der Waals surface area contributed by atoms with E-state index in [-0.39, 0.29) is 12.2 Å². The molecule has 9 heteroatoms. The highest BCUT2D eigenvalue weighted by atomic mass is 32.2. The SMILES string of the molecule is O=C(O)CC(NC(=O)C1CCCCS1(=O)=O)C(=O)O. The highest BCUT2D eigenvalue weighted by Gasteiger charge is 2.36. The number of carbonyl (C=O) groups excluding carboxylic acids is 1. The summed E-state index contributed by atoms with van der Waals surface area (Å²) in [6.07, 6.45) is 0.374. The minimum atomic E-state index is -3.57. The van der Waals surface area contributed by atoms with Crippen molar-refractivity contribution in [1.82, 2.24) is 5.32 Å². The number of nitrogens with one attached hydrogen (secondary N) is 1. The predicted molar refractivity (Wildman–Crippen MR) is 63.2 cm³/mol. The number of carboxylic acids is 2. The molecule has 0 saturated carbocycles. The number of hydrogen-bond acceptors (Lipinski definition) is 5. The predicted octanol–water partition coefficient (Wildman–Crippen LogP) is -1.00. The van der Waals surface area contributed by atoms with Crippen LogP contribution in [0.4, 0.5) is 0 Å². The van der Waals surface area contributed by atoms with Crippen LogP contribution in [0, 0.1) is 0 Å².